The quantitative estimate of drug-likeness (QED) is 0.155. The lowest BCUT2D eigenvalue weighted by atomic mass is 9.33. The summed E-state index contributed by atoms with van der Waals surface area (Å²) in [4.78, 5) is 10.5. The van der Waals surface area contributed by atoms with Crippen molar-refractivity contribution >= 4 is 110 Å². The molecule has 0 saturated carbocycles. The van der Waals surface area contributed by atoms with Gasteiger partial charge < -0.3 is 19.1 Å². The summed E-state index contributed by atoms with van der Waals surface area (Å²) in [6.45, 7) is 15.6. The molecule has 1 aromatic heterocycles. The van der Waals surface area contributed by atoms with Gasteiger partial charge in [0.25, 0.3) is 6.71 Å². The minimum Gasteiger partial charge on any atom is -0.456 e. The SMILES string of the molecule is CC1N2CCCCC2C12c1ccccc1-c1cc(N3c4ccccc4B4c5ccc(N(c6ccc(C(C)(C)C)cc6)c6ccc7oc8ccccc8c7c6)cc5N(c5ccccc5)c5cc([SiH](C)C)cc3c54)ccc12. The van der Waals surface area contributed by atoms with E-state index in [2.05, 4.69) is 255 Å². The van der Waals surface area contributed by atoms with Gasteiger partial charge in [-0.25, -0.2) is 0 Å². The molecule has 0 amide bonds. The summed E-state index contributed by atoms with van der Waals surface area (Å²) in [6, 6.07) is 75.1. The van der Waals surface area contributed by atoms with Crippen LogP contribution >= 0.6 is 0 Å². The van der Waals surface area contributed by atoms with Crippen molar-refractivity contribution in [2.75, 3.05) is 21.2 Å². The second-order valence-electron chi connectivity index (χ2n) is 23.3. The van der Waals surface area contributed by atoms with Gasteiger partial charge in [0.1, 0.15) is 11.2 Å². The van der Waals surface area contributed by atoms with Crippen LogP contribution < -0.4 is 36.3 Å². The highest BCUT2D eigenvalue weighted by atomic mass is 28.3. The van der Waals surface area contributed by atoms with Crippen molar-refractivity contribution in [2.24, 2.45) is 0 Å². The monoisotopic (exact) mass is 988 g/mol. The standard InChI is InChI=1S/C68H61BN4OSi/c1-43-68(65-26-16-17-37-70(43)65)55-22-12-10-20-51(55)53-38-48(31-34-56(53)68)73-59-24-14-13-23-57(59)69-58-35-32-49(40-60(58)72(45-18-8-7-9-19-45)61-41-50(75(5)6)42-62(73)66(61)69)71(46-29-27-44(28-30-46)67(2,3)4)47-33-36-64-54(39-47)52-21-11-15-25-63(52)74-64/h7-15,18-25,27-36,38-43,65,75H,16-17,26,37H2,1-6H3. The summed E-state index contributed by atoms with van der Waals surface area (Å²) in [5.41, 5.74) is 23.7. The number of piperidine rings is 1. The van der Waals surface area contributed by atoms with Gasteiger partial charge in [-0.3, -0.25) is 4.90 Å². The van der Waals surface area contributed by atoms with Crippen molar-refractivity contribution in [3.05, 3.63) is 211 Å². The Balaban J connectivity index is 0.941. The molecular formula is C68H61BN4OSi. The number of anilines is 9. The van der Waals surface area contributed by atoms with E-state index in [1.165, 1.54) is 104 Å². The summed E-state index contributed by atoms with van der Waals surface area (Å²) in [5, 5.41) is 3.69. The summed E-state index contributed by atoms with van der Waals surface area (Å²) in [5.74, 6) is 0. The van der Waals surface area contributed by atoms with Crippen LogP contribution in [0.4, 0.5) is 51.2 Å². The van der Waals surface area contributed by atoms with Crippen LogP contribution in [0.5, 0.6) is 0 Å². The lowest BCUT2D eigenvalue weighted by molar-refractivity contribution is -0.0739. The molecule has 0 radical (unpaired) electrons. The number of fused-ring (bicyclic) bond motifs is 14. The third-order valence-electron chi connectivity index (χ3n) is 18.1. The van der Waals surface area contributed by atoms with Crippen LogP contribution in [-0.2, 0) is 10.8 Å². The Hall–Kier alpha value is -7.58. The molecule has 3 atom stereocenters. The number of benzene rings is 9. The molecule has 2 saturated heterocycles. The third-order valence-corrected chi connectivity index (χ3v) is 19.8. The lowest BCUT2D eigenvalue weighted by Crippen LogP contribution is -2.73. The average molecular weight is 989 g/mol. The van der Waals surface area contributed by atoms with Crippen LogP contribution in [0, 0.1) is 0 Å². The molecule has 0 bridgehead atoms. The molecule has 7 heteroatoms. The van der Waals surface area contributed by atoms with Crippen LogP contribution in [0.2, 0.25) is 13.1 Å². The minimum atomic E-state index is -1.36. The molecule has 5 heterocycles. The Labute approximate surface area is 443 Å². The number of furan rings is 1. The fraction of sp³-hybridized carbons (Fsp3) is 0.206. The number of nitrogens with zero attached hydrogens (tertiary/aromatic N) is 4. The first-order valence-corrected chi connectivity index (χ1v) is 30.3. The molecule has 10 aromatic rings. The summed E-state index contributed by atoms with van der Waals surface area (Å²) in [7, 11) is -1.36. The zero-order valence-corrected chi connectivity index (χ0v) is 45.0. The van der Waals surface area contributed by atoms with Crippen LogP contribution in [0.3, 0.4) is 0 Å². The van der Waals surface area contributed by atoms with Crippen molar-refractivity contribution in [1.82, 2.24) is 4.90 Å². The molecule has 75 heavy (non-hydrogen) atoms. The molecule has 366 valence electrons. The molecule has 3 unspecified atom stereocenters. The molecule has 4 aliphatic heterocycles. The highest BCUT2D eigenvalue weighted by molar-refractivity contribution is 7.00. The molecule has 1 spiro atoms. The normalized spacial score (nSPS) is 19.2. The van der Waals surface area contributed by atoms with Crippen molar-refractivity contribution in [1.29, 1.82) is 0 Å². The van der Waals surface area contributed by atoms with Crippen LogP contribution in [0.15, 0.2) is 199 Å². The van der Waals surface area contributed by atoms with E-state index in [0.717, 1.165) is 44.7 Å². The van der Waals surface area contributed by atoms with Crippen molar-refractivity contribution in [3.63, 3.8) is 0 Å². The molecule has 5 aliphatic rings. The van der Waals surface area contributed by atoms with Crippen LogP contribution in [0.25, 0.3) is 33.1 Å². The fourth-order valence-corrected chi connectivity index (χ4v) is 15.6. The van der Waals surface area contributed by atoms with Gasteiger partial charge in [-0.15, -0.1) is 0 Å². The Bertz CT molecular complexity index is 3950. The van der Waals surface area contributed by atoms with Crippen molar-refractivity contribution < 1.29 is 4.42 Å². The second kappa shape index (κ2) is 16.5. The van der Waals surface area contributed by atoms with Gasteiger partial charge in [0.05, 0.1) is 14.2 Å². The Kier molecular flexibility index (Phi) is 9.85. The van der Waals surface area contributed by atoms with E-state index in [0.29, 0.717) is 12.1 Å². The maximum Gasteiger partial charge on any atom is 0.252 e. The molecule has 9 aromatic carbocycles. The second-order valence-corrected chi connectivity index (χ2v) is 26.3. The Morgan fingerprint density at radius 2 is 1.23 bits per heavy atom. The number of hydrogen-bond donors (Lipinski definition) is 0. The highest BCUT2D eigenvalue weighted by Gasteiger charge is 2.63. The first-order chi connectivity index (χ1) is 36.6. The molecule has 0 N–H and O–H groups in total. The van der Waals surface area contributed by atoms with E-state index in [1.54, 1.807) is 0 Å². The number of hydrogen-bond acceptors (Lipinski definition) is 5. The van der Waals surface area contributed by atoms with Gasteiger partial charge in [-0.2, -0.15) is 0 Å². The topological polar surface area (TPSA) is 26.1 Å². The first kappa shape index (κ1) is 44.9. The number of para-hydroxylation sites is 3. The predicted molar refractivity (Wildman–Crippen MR) is 320 cm³/mol. The molecular weight excluding hydrogens is 928 g/mol. The predicted octanol–water partition coefficient (Wildman–Crippen LogP) is 14.7. The summed E-state index contributed by atoms with van der Waals surface area (Å²) < 4.78 is 6.40. The lowest BCUT2D eigenvalue weighted by Gasteiger charge is -2.64. The smallest absolute Gasteiger partial charge is 0.252 e. The van der Waals surface area contributed by atoms with Gasteiger partial charge in [0, 0.05) is 74.0 Å². The maximum absolute atomic E-state index is 6.40. The zero-order chi connectivity index (χ0) is 50.5. The van der Waals surface area contributed by atoms with Gasteiger partial charge in [0.2, 0.25) is 0 Å². The van der Waals surface area contributed by atoms with Crippen molar-refractivity contribution in [2.45, 2.75) is 83.0 Å². The third kappa shape index (κ3) is 6.41. The van der Waals surface area contributed by atoms with E-state index in [4.69, 9.17) is 4.42 Å². The fourth-order valence-electron chi connectivity index (χ4n) is 14.6. The summed E-state index contributed by atoms with van der Waals surface area (Å²) in [6.07, 6.45) is 3.88. The highest BCUT2D eigenvalue weighted by Crippen LogP contribution is 2.62. The van der Waals surface area contributed by atoms with Crippen molar-refractivity contribution in [3.8, 4) is 11.1 Å². The zero-order valence-electron chi connectivity index (χ0n) is 43.8. The van der Waals surface area contributed by atoms with E-state index in [9.17, 15) is 0 Å². The molecule has 1 aliphatic carbocycles. The first-order valence-electron chi connectivity index (χ1n) is 27.5. The molecule has 5 nitrogen and oxygen atoms in total. The average Bonchev–Trinajstić information content (AvgIpc) is 4.15. The molecule has 15 rings (SSSR count). The van der Waals surface area contributed by atoms with Gasteiger partial charge in [0.15, 0.2) is 0 Å². The van der Waals surface area contributed by atoms with E-state index in [1.807, 2.05) is 0 Å². The van der Waals surface area contributed by atoms with Crippen LogP contribution in [0.1, 0.15) is 63.6 Å². The van der Waals surface area contributed by atoms with Crippen LogP contribution in [-0.4, -0.2) is 39.0 Å². The summed E-state index contributed by atoms with van der Waals surface area (Å²) >= 11 is 0. The minimum absolute atomic E-state index is 0.00837. The molecule has 2 fully saturated rings. The van der Waals surface area contributed by atoms with Gasteiger partial charge in [-0.05, 0) is 167 Å². The van der Waals surface area contributed by atoms with Gasteiger partial charge >= 0.3 is 0 Å². The Morgan fingerprint density at radius 1 is 0.560 bits per heavy atom. The van der Waals surface area contributed by atoms with E-state index < -0.39 is 8.80 Å². The van der Waals surface area contributed by atoms with E-state index in [-0.39, 0.29) is 17.5 Å². The maximum atomic E-state index is 6.40. The number of rotatable bonds is 6. The van der Waals surface area contributed by atoms with Gasteiger partial charge in [-0.1, -0.05) is 149 Å². The van der Waals surface area contributed by atoms with E-state index >= 15 is 0 Å². The Morgan fingerprint density at radius 3 is 2.04 bits per heavy atom. The largest absolute Gasteiger partial charge is 0.456 e.